The first kappa shape index (κ1) is 25.6. The fraction of sp³-hybridized carbons (Fsp3) is 0.188. The van der Waals surface area contributed by atoms with Gasteiger partial charge < -0.3 is 9.47 Å². The van der Waals surface area contributed by atoms with Gasteiger partial charge in [-0.05, 0) is 65.2 Å². The average molecular weight is 523 g/mol. The van der Waals surface area contributed by atoms with Crippen LogP contribution in [0.25, 0.3) is 16.8 Å². The van der Waals surface area contributed by atoms with Gasteiger partial charge in [0.1, 0.15) is 6.61 Å². The number of amidine groups is 1. The zero-order valence-electron chi connectivity index (χ0n) is 21.8. The number of aryl methyl sites for hydroxylation is 1. The van der Waals surface area contributed by atoms with Crippen LogP contribution in [0.2, 0.25) is 0 Å². The van der Waals surface area contributed by atoms with Gasteiger partial charge in [-0.3, -0.25) is 9.69 Å². The molecule has 1 saturated heterocycles. The summed E-state index contributed by atoms with van der Waals surface area (Å²) < 4.78 is 12.0. The number of fused-ring (bicyclic) bond motifs is 1. The fourth-order valence-electron chi connectivity index (χ4n) is 4.56. The number of ether oxygens (including phenoxy) is 2. The highest BCUT2D eigenvalue weighted by atomic mass is 32.2. The molecule has 0 N–H and O–H groups in total. The zero-order chi connectivity index (χ0) is 26.5. The molecule has 6 heteroatoms. The van der Waals surface area contributed by atoms with Gasteiger partial charge >= 0.3 is 0 Å². The van der Waals surface area contributed by atoms with Gasteiger partial charge in [0.2, 0.25) is 0 Å². The van der Waals surface area contributed by atoms with Crippen molar-refractivity contribution in [1.29, 1.82) is 0 Å². The summed E-state index contributed by atoms with van der Waals surface area (Å²) >= 11 is 1.39. The molecule has 0 atom stereocenters. The van der Waals surface area contributed by atoms with Crippen LogP contribution in [0.3, 0.4) is 0 Å². The highest BCUT2D eigenvalue weighted by Crippen LogP contribution is 2.39. The van der Waals surface area contributed by atoms with E-state index in [0.29, 0.717) is 34.7 Å². The van der Waals surface area contributed by atoms with Gasteiger partial charge in [-0.25, -0.2) is 4.99 Å². The van der Waals surface area contributed by atoms with E-state index in [1.54, 1.807) is 12.0 Å². The Kier molecular flexibility index (Phi) is 7.80. The molecule has 0 spiro atoms. The number of para-hydroxylation sites is 2. The maximum atomic E-state index is 13.4. The van der Waals surface area contributed by atoms with E-state index in [-0.39, 0.29) is 5.91 Å². The third-order valence-electron chi connectivity index (χ3n) is 6.56. The molecule has 1 amide bonds. The molecule has 5 rings (SSSR count). The summed E-state index contributed by atoms with van der Waals surface area (Å²) in [6.07, 6.45) is 2.76. The SMILES string of the molecule is CCc1ccccc1N=C1S/C(=C/c2cccc(OC)c2OCc2cccc3ccccc23)C(=O)N1CC. The van der Waals surface area contributed by atoms with Crippen LogP contribution in [0.5, 0.6) is 11.5 Å². The number of amides is 1. The largest absolute Gasteiger partial charge is 0.493 e. The van der Waals surface area contributed by atoms with Crippen LogP contribution in [0, 0.1) is 0 Å². The van der Waals surface area contributed by atoms with Crippen LogP contribution >= 0.6 is 11.8 Å². The second kappa shape index (κ2) is 11.6. The van der Waals surface area contributed by atoms with Crippen molar-refractivity contribution >= 4 is 45.4 Å². The smallest absolute Gasteiger partial charge is 0.266 e. The maximum absolute atomic E-state index is 13.4. The highest BCUT2D eigenvalue weighted by molar-refractivity contribution is 8.18. The molecule has 192 valence electrons. The summed E-state index contributed by atoms with van der Waals surface area (Å²) in [5.74, 6) is 1.16. The zero-order valence-corrected chi connectivity index (χ0v) is 22.6. The summed E-state index contributed by atoms with van der Waals surface area (Å²) in [4.78, 5) is 20.6. The molecular weight excluding hydrogens is 492 g/mol. The summed E-state index contributed by atoms with van der Waals surface area (Å²) in [6, 6.07) is 28.2. The number of aliphatic imine (C=N–C) groups is 1. The number of carbonyl (C=O) groups is 1. The van der Waals surface area contributed by atoms with Gasteiger partial charge in [-0.1, -0.05) is 79.7 Å². The van der Waals surface area contributed by atoms with E-state index >= 15 is 0 Å². The van der Waals surface area contributed by atoms with Crippen molar-refractivity contribution in [3.63, 3.8) is 0 Å². The molecule has 1 heterocycles. The molecule has 5 nitrogen and oxygen atoms in total. The topological polar surface area (TPSA) is 51.1 Å². The number of likely N-dealkylation sites (N-methyl/N-ethyl adjacent to an activating group) is 1. The van der Waals surface area contributed by atoms with E-state index in [2.05, 4.69) is 37.3 Å². The molecule has 4 aromatic rings. The van der Waals surface area contributed by atoms with Gasteiger partial charge in [0.05, 0.1) is 17.7 Å². The number of nitrogens with zero attached hydrogens (tertiary/aromatic N) is 2. The van der Waals surface area contributed by atoms with Crippen LogP contribution in [-0.2, 0) is 17.8 Å². The fourth-order valence-corrected chi connectivity index (χ4v) is 5.61. The predicted molar refractivity (Wildman–Crippen MR) is 157 cm³/mol. The van der Waals surface area contributed by atoms with Crippen LogP contribution in [-0.4, -0.2) is 29.6 Å². The maximum Gasteiger partial charge on any atom is 0.266 e. The molecule has 0 unspecified atom stereocenters. The number of hydrogen-bond donors (Lipinski definition) is 0. The number of thioether (sulfide) groups is 1. The summed E-state index contributed by atoms with van der Waals surface area (Å²) in [5, 5.41) is 3.00. The molecule has 1 aliphatic rings. The van der Waals surface area contributed by atoms with Crippen molar-refractivity contribution in [2.75, 3.05) is 13.7 Å². The Hall–Kier alpha value is -4.03. The van der Waals surface area contributed by atoms with Gasteiger partial charge in [0, 0.05) is 12.1 Å². The normalized spacial score (nSPS) is 15.6. The third-order valence-corrected chi connectivity index (χ3v) is 7.57. The van der Waals surface area contributed by atoms with Crippen molar-refractivity contribution in [1.82, 2.24) is 4.90 Å². The summed E-state index contributed by atoms with van der Waals surface area (Å²) in [7, 11) is 1.63. The minimum Gasteiger partial charge on any atom is -0.493 e. The Bertz CT molecular complexity index is 1540. The summed E-state index contributed by atoms with van der Waals surface area (Å²) in [5.41, 5.74) is 3.91. The summed E-state index contributed by atoms with van der Waals surface area (Å²) in [6.45, 7) is 4.99. The molecule has 0 aromatic heterocycles. The first-order valence-electron chi connectivity index (χ1n) is 12.8. The van der Waals surface area contributed by atoms with E-state index in [9.17, 15) is 4.79 Å². The lowest BCUT2D eigenvalue weighted by Gasteiger charge is -2.15. The van der Waals surface area contributed by atoms with E-state index < -0.39 is 0 Å². The van der Waals surface area contributed by atoms with Crippen molar-refractivity contribution in [2.45, 2.75) is 26.9 Å². The van der Waals surface area contributed by atoms with Crippen LogP contribution in [0.15, 0.2) is 94.8 Å². The van der Waals surface area contributed by atoms with Gasteiger partial charge in [-0.15, -0.1) is 0 Å². The van der Waals surface area contributed by atoms with Crippen molar-refractivity contribution < 1.29 is 14.3 Å². The number of rotatable bonds is 8. The lowest BCUT2D eigenvalue weighted by molar-refractivity contribution is -0.122. The lowest BCUT2D eigenvalue weighted by Crippen LogP contribution is -2.28. The Balaban J connectivity index is 1.48. The predicted octanol–water partition coefficient (Wildman–Crippen LogP) is 7.61. The van der Waals surface area contributed by atoms with Crippen LogP contribution in [0.1, 0.15) is 30.5 Å². The van der Waals surface area contributed by atoms with E-state index in [1.165, 1.54) is 17.1 Å². The first-order valence-corrected chi connectivity index (χ1v) is 13.6. The number of benzene rings is 4. The number of hydrogen-bond acceptors (Lipinski definition) is 5. The van der Waals surface area contributed by atoms with Gasteiger partial charge in [-0.2, -0.15) is 0 Å². The molecule has 38 heavy (non-hydrogen) atoms. The van der Waals surface area contributed by atoms with Crippen LogP contribution in [0.4, 0.5) is 5.69 Å². The number of methoxy groups -OCH3 is 1. The van der Waals surface area contributed by atoms with Gasteiger partial charge in [0.15, 0.2) is 16.7 Å². The van der Waals surface area contributed by atoms with Crippen molar-refractivity contribution in [3.05, 3.63) is 107 Å². The lowest BCUT2D eigenvalue weighted by atomic mass is 10.1. The minimum absolute atomic E-state index is 0.0620. The number of carbonyl (C=O) groups excluding carboxylic acids is 1. The molecule has 0 radical (unpaired) electrons. The first-order chi connectivity index (χ1) is 18.6. The third kappa shape index (κ3) is 5.18. The molecule has 0 bridgehead atoms. The van der Waals surface area contributed by atoms with E-state index in [4.69, 9.17) is 14.5 Å². The molecular formula is C32H30N2O3S. The van der Waals surface area contributed by atoms with Crippen molar-refractivity contribution in [2.24, 2.45) is 4.99 Å². The quantitative estimate of drug-likeness (QED) is 0.223. The van der Waals surface area contributed by atoms with Crippen LogP contribution < -0.4 is 9.47 Å². The van der Waals surface area contributed by atoms with Gasteiger partial charge in [0.25, 0.3) is 5.91 Å². The minimum atomic E-state index is -0.0620. The Morgan fingerprint density at radius 1 is 0.895 bits per heavy atom. The molecule has 1 aliphatic heterocycles. The Morgan fingerprint density at radius 2 is 1.63 bits per heavy atom. The Morgan fingerprint density at radius 3 is 2.45 bits per heavy atom. The van der Waals surface area contributed by atoms with E-state index in [1.807, 2.05) is 67.6 Å². The van der Waals surface area contributed by atoms with E-state index in [0.717, 1.165) is 34.2 Å². The highest BCUT2D eigenvalue weighted by Gasteiger charge is 2.32. The second-order valence-electron chi connectivity index (χ2n) is 8.84. The monoisotopic (exact) mass is 522 g/mol. The molecule has 0 aliphatic carbocycles. The second-order valence-corrected chi connectivity index (χ2v) is 9.85. The molecule has 0 saturated carbocycles. The Labute approximate surface area is 227 Å². The van der Waals surface area contributed by atoms with Crippen molar-refractivity contribution in [3.8, 4) is 11.5 Å². The molecule has 1 fully saturated rings. The average Bonchev–Trinajstić information content (AvgIpc) is 3.25. The standard InChI is InChI=1S/C32H30N2O3S/c1-4-22-12-7-9-18-27(22)33-32-34(5-2)31(35)29(38-32)20-24-15-11-19-28(36-3)30(24)37-21-25-16-10-14-23-13-6-8-17-26(23)25/h6-20H,4-5,21H2,1-3H3/b29-20+,33-32?. The molecule has 4 aromatic carbocycles.